The van der Waals surface area contributed by atoms with Gasteiger partial charge in [0.1, 0.15) is 0 Å². The Bertz CT molecular complexity index is 436. The molecule has 2 rings (SSSR count). The van der Waals surface area contributed by atoms with Crippen LogP contribution in [0.25, 0.3) is 0 Å². The lowest BCUT2D eigenvalue weighted by Crippen LogP contribution is -2.19. The quantitative estimate of drug-likeness (QED) is 0.565. The van der Waals surface area contributed by atoms with Crippen molar-refractivity contribution in [1.82, 2.24) is 0 Å². The predicted octanol–water partition coefficient (Wildman–Crippen LogP) is 6.28. The van der Waals surface area contributed by atoms with E-state index in [0.717, 1.165) is 23.8 Å². The van der Waals surface area contributed by atoms with Gasteiger partial charge in [-0.15, -0.1) is 0 Å². The molecule has 0 aliphatic heterocycles. The summed E-state index contributed by atoms with van der Waals surface area (Å²) >= 11 is 0. The zero-order valence-electron chi connectivity index (χ0n) is 14.4. The monoisotopic (exact) mass is 300 g/mol. The molecule has 1 aliphatic rings. The van der Waals surface area contributed by atoms with Gasteiger partial charge in [0.15, 0.2) is 5.78 Å². The van der Waals surface area contributed by atoms with E-state index in [0.29, 0.717) is 11.7 Å². The molecule has 1 aromatic carbocycles. The minimum Gasteiger partial charge on any atom is -0.294 e. The molecule has 3 atom stereocenters. The van der Waals surface area contributed by atoms with Crippen LogP contribution in [-0.2, 0) is 0 Å². The second-order valence-corrected chi connectivity index (χ2v) is 7.18. The SMILES string of the molecule is CCCC1CCC(CC)CC(CC(=O)c2ccccc2)CC1. The van der Waals surface area contributed by atoms with E-state index in [-0.39, 0.29) is 0 Å². The van der Waals surface area contributed by atoms with Crippen LogP contribution in [0.3, 0.4) is 0 Å². The summed E-state index contributed by atoms with van der Waals surface area (Å²) in [7, 11) is 0. The highest BCUT2D eigenvalue weighted by Gasteiger charge is 2.24. The zero-order valence-corrected chi connectivity index (χ0v) is 14.4. The molecular formula is C21H32O. The van der Waals surface area contributed by atoms with E-state index in [1.54, 1.807) is 0 Å². The summed E-state index contributed by atoms with van der Waals surface area (Å²) in [4.78, 5) is 12.5. The fourth-order valence-corrected chi connectivity index (χ4v) is 4.05. The van der Waals surface area contributed by atoms with E-state index in [4.69, 9.17) is 0 Å². The third-order valence-corrected chi connectivity index (χ3v) is 5.48. The average molecular weight is 300 g/mol. The number of hydrogen-bond acceptors (Lipinski definition) is 1. The maximum absolute atomic E-state index is 12.5. The van der Waals surface area contributed by atoms with Gasteiger partial charge in [-0.05, 0) is 30.6 Å². The molecule has 1 nitrogen and oxygen atoms in total. The highest BCUT2D eigenvalue weighted by Crippen LogP contribution is 2.35. The Morgan fingerprint density at radius 2 is 1.59 bits per heavy atom. The first-order valence-electron chi connectivity index (χ1n) is 9.31. The van der Waals surface area contributed by atoms with Crippen LogP contribution in [0, 0.1) is 17.8 Å². The number of carbonyl (C=O) groups excluding carboxylic acids is 1. The summed E-state index contributed by atoms with van der Waals surface area (Å²) in [6.45, 7) is 4.61. The first kappa shape index (κ1) is 17.2. The molecule has 0 saturated heterocycles. The van der Waals surface area contributed by atoms with Gasteiger partial charge >= 0.3 is 0 Å². The Labute approximate surface area is 136 Å². The van der Waals surface area contributed by atoms with Crippen molar-refractivity contribution in [2.75, 3.05) is 0 Å². The van der Waals surface area contributed by atoms with Crippen LogP contribution < -0.4 is 0 Å². The largest absolute Gasteiger partial charge is 0.294 e. The third-order valence-electron chi connectivity index (χ3n) is 5.48. The number of rotatable bonds is 6. The molecular weight excluding hydrogens is 268 g/mol. The molecule has 1 heteroatoms. The summed E-state index contributed by atoms with van der Waals surface area (Å²) in [5.41, 5.74) is 0.891. The highest BCUT2D eigenvalue weighted by atomic mass is 16.1. The average Bonchev–Trinajstić information content (AvgIpc) is 2.54. The molecule has 0 radical (unpaired) electrons. The fraction of sp³-hybridized carbons (Fsp3) is 0.667. The number of hydrogen-bond donors (Lipinski definition) is 0. The Kier molecular flexibility index (Phi) is 7.15. The van der Waals surface area contributed by atoms with Crippen molar-refractivity contribution < 1.29 is 4.79 Å². The molecule has 0 amide bonds. The lowest BCUT2D eigenvalue weighted by molar-refractivity contribution is 0.0941. The van der Waals surface area contributed by atoms with Gasteiger partial charge < -0.3 is 0 Å². The third kappa shape index (κ3) is 5.26. The minimum absolute atomic E-state index is 0.341. The number of Topliss-reactive ketones (excluding diaryl/α,β-unsaturated/α-hetero) is 1. The Morgan fingerprint density at radius 1 is 0.955 bits per heavy atom. The van der Waals surface area contributed by atoms with Crippen molar-refractivity contribution in [3.63, 3.8) is 0 Å². The van der Waals surface area contributed by atoms with Crippen molar-refractivity contribution in [3.05, 3.63) is 35.9 Å². The first-order chi connectivity index (χ1) is 10.7. The topological polar surface area (TPSA) is 17.1 Å². The summed E-state index contributed by atoms with van der Waals surface area (Å²) in [5, 5.41) is 0. The van der Waals surface area contributed by atoms with E-state index >= 15 is 0 Å². The van der Waals surface area contributed by atoms with E-state index in [1.807, 2.05) is 30.3 Å². The van der Waals surface area contributed by atoms with Crippen molar-refractivity contribution in [2.45, 2.75) is 71.6 Å². The molecule has 0 spiro atoms. The van der Waals surface area contributed by atoms with Crippen molar-refractivity contribution in [2.24, 2.45) is 17.8 Å². The molecule has 0 N–H and O–H groups in total. The number of benzene rings is 1. The van der Waals surface area contributed by atoms with Crippen LogP contribution in [0.15, 0.2) is 30.3 Å². The second-order valence-electron chi connectivity index (χ2n) is 7.18. The minimum atomic E-state index is 0.341. The molecule has 3 unspecified atom stereocenters. The molecule has 1 saturated carbocycles. The molecule has 22 heavy (non-hydrogen) atoms. The number of carbonyl (C=O) groups is 1. The van der Waals surface area contributed by atoms with E-state index in [1.165, 1.54) is 51.4 Å². The van der Waals surface area contributed by atoms with Gasteiger partial charge in [0.05, 0.1) is 0 Å². The van der Waals surface area contributed by atoms with Gasteiger partial charge in [0.2, 0.25) is 0 Å². The lowest BCUT2D eigenvalue weighted by atomic mass is 9.76. The van der Waals surface area contributed by atoms with Gasteiger partial charge in [-0.2, -0.15) is 0 Å². The highest BCUT2D eigenvalue weighted by molar-refractivity contribution is 5.96. The van der Waals surface area contributed by atoms with Crippen molar-refractivity contribution in [3.8, 4) is 0 Å². The molecule has 1 aliphatic carbocycles. The molecule has 122 valence electrons. The van der Waals surface area contributed by atoms with E-state index < -0.39 is 0 Å². The van der Waals surface area contributed by atoms with Gasteiger partial charge in [0, 0.05) is 12.0 Å². The predicted molar refractivity (Wildman–Crippen MR) is 94.1 cm³/mol. The van der Waals surface area contributed by atoms with Gasteiger partial charge in [0.25, 0.3) is 0 Å². The summed E-state index contributed by atoms with van der Waals surface area (Å²) < 4.78 is 0. The van der Waals surface area contributed by atoms with Crippen LogP contribution in [0.2, 0.25) is 0 Å². The standard InChI is InChI=1S/C21H32O/c1-3-8-18-12-11-17(4-2)15-19(14-13-18)16-21(22)20-9-6-5-7-10-20/h5-7,9-10,17-19H,3-4,8,11-16H2,1-2H3. The molecule has 0 heterocycles. The van der Waals surface area contributed by atoms with Crippen LogP contribution in [0.4, 0.5) is 0 Å². The summed E-state index contributed by atoms with van der Waals surface area (Å²) in [5.74, 6) is 2.66. The van der Waals surface area contributed by atoms with Crippen LogP contribution >= 0.6 is 0 Å². The van der Waals surface area contributed by atoms with E-state index in [9.17, 15) is 4.79 Å². The van der Waals surface area contributed by atoms with Gasteiger partial charge in [-0.3, -0.25) is 4.79 Å². The first-order valence-corrected chi connectivity index (χ1v) is 9.31. The molecule has 1 fully saturated rings. The summed E-state index contributed by atoms with van der Waals surface area (Å²) in [6, 6.07) is 9.84. The maximum atomic E-state index is 12.5. The second kappa shape index (κ2) is 9.12. The van der Waals surface area contributed by atoms with Gasteiger partial charge in [-0.1, -0.05) is 82.7 Å². The molecule has 0 bridgehead atoms. The van der Waals surface area contributed by atoms with Crippen LogP contribution in [-0.4, -0.2) is 5.78 Å². The van der Waals surface area contributed by atoms with E-state index in [2.05, 4.69) is 13.8 Å². The smallest absolute Gasteiger partial charge is 0.163 e. The Morgan fingerprint density at radius 3 is 2.23 bits per heavy atom. The lowest BCUT2D eigenvalue weighted by Gasteiger charge is -2.29. The van der Waals surface area contributed by atoms with Crippen molar-refractivity contribution in [1.29, 1.82) is 0 Å². The maximum Gasteiger partial charge on any atom is 0.163 e. The Balaban J connectivity index is 1.96. The number of ketones is 1. The Hall–Kier alpha value is -1.11. The normalized spacial score (nSPS) is 26.2. The van der Waals surface area contributed by atoms with Crippen LogP contribution in [0.1, 0.15) is 82.0 Å². The zero-order chi connectivity index (χ0) is 15.8. The van der Waals surface area contributed by atoms with Gasteiger partial charge in [-0.25, -0.2) is 0 Å². The summed E-state index contributed by atoms with van der Waals surface area (Å²) in [6.07, 6.45) is 11.3. The van der Waals surface area contributed by atoms with Crippen molar-refractivity contribution >= 4 is 5.78 Å². The molecule has 1 aromatic rings. The fourth-order valence-electron chi connectivity index (χ4n) is 4.05. The van der Waals surface area contributed by atoms with Crippen LogP contribution in [0.5, 0.6) is 0 Å². The molecule has 0 aromatic heterocycles.